The zero-order valence-electron chi connectivity index (χ0n) is 13.8. The number of hydrogen-bond acceptors (Lipinski definition) is 3. The molecule has 0 heterocycles. The van der Waals surface area contributed by atoms with Gasteiger partial charge in [-0.3, -0.25) is 0 Å². The first-order valence-corrected chi connectivity index (χ1v) is 8.30. The fourth-order valence-corrected chi connectivity index (χ4v) is 2.90. The Balaban J connectivity index is 1.73. The van der Waals surface area contributed by atoms with Crippen LogP contribution in [0.3, 0.4) is 0 Å². The average Bonchev–Trinajstić information content (AvgIpc) is 3.00. The summed E-state index contributed by atoms with van der Waals surface area (Å²) < 4.78 is 5.91. The molecule has 0 radical (unpaired) electrons. The molecule has 0 atom stereocenters. The van der Waals surface area contributed by atoms with Crippen LogP contribution in [-0.2, 0) is 6.54 Å². The average molecular weight is 290 g/mol. The van der Waals surface area contributed by atoms with E-state index in [1.807, 2.05) is 0 Å². The van der Waals surface area contributed by atoms with Crippen LogP contribution in [-0.4, -0.2) is 37.2 Å². The van der Waals surface area contributed by atoms with E-state index in [0.717, 1.165) is 31.5 Å². The van der Waals surface area contributed by atoms with Gasteiger partial charge in [0.1, 0.15) is 12.4 Å². The summed E-state index contributed by atoms with van der Waals surface area (Å²) >= 11 is 0. The van der Waals surface area contributed by atoms with Gasteiger partial charge in [-0.1, -0.05) is 38.8 Å². The molecule has 21 heavy (non-hydrogen) atoms. The highest BCUT2D eigenvalue weighted by atomic mass is 16.5. The second-order valence-electron chi connectivity index (χ2n) is 6.45. The van der Waals surface area contributed by atoms with Crippen LogP contribution < -0.4 is 10.1 Å². The minimum atomic E-state index is 0.509. The van der Waals surface area contributed by atoms with E-state index in [0.29, 0.717) is 6.04 Å². The van der Waals surface area contributed by atoms with E-state index in [4.69, 9.17) is 4.74 Å². The Morgan fingerprint density at radius 3 is 2.76 bits per heavy atom. The number of ether oxygens (including phenoxy) is 1. The van der Waals surface area contributed by atoms with Crippen LogP contribution in [0.2, 0.25) is 0 Å². The summed E-state index contributed by atoms with van der Waals surface area (Å²) in [7, 11) is 2.22. The first-order valence-electron chi connectivity index (χ1n) is 8.30. The molecular formula is C18H30N2O. The van der Waals surface area contributed by atoms with Gasteiger partial charge in [0.15, 0.2) is 0 Å². The standard InChI is InChI=1S/C18H30N2O/c1-15(2)19-14-16-7-6-10-18(13-16)21-12-11-20(3)17-8-4-5-9-17/h6-7,10,13,15,17,19H,4-5,8-9,11-12,14H2,1-3H3. The summed E-state index contributed by atoms with van der Waals surface area (Å²) in [5.74, 6) is 0.984. The van der Waals surface area contributed by atoms with Crippen molar-refractivity contribution in [1.82, 2.24) is 10.2 Å². The Hall–Kier alpha value is -1.06. The predicted octanol–water partition coefficient (Wildman–Crippen LogP) is 3.44. The molecule has 1 aliphatic rings. The van der Waals surface area contributed by atoms with E-state index in [-0.39, 0.29) is 0 Å². The number of nitrogens with one attached hydrogen (secondary N) is 1. The zero-order valence-corrected chi connectivity index (χ0v) is 13.8. The molecule has 0 saturated heterocycles. The van der Waals surface area contributed by atoms with Crippen LogP contribution in [0.5, 0.6) is 5.75 Å². The Morgan fingerprint density at radius 1 is 1.29 bits per heavy atom. The quantitative estimate of drug-likeness (QED) is 0.794. The van der Waals surface area contributed by atoms with Crippen LogP contribution in [0.25, 0.3) is 0 Å². The highest BCUT2D eigenvalue weighted by Crippen LogP contribution is 2.22. The normalized spacial score (nSPS) is 16.0. The van der Waals surface area contributed by atoms with Crippen molar-refractivity contribution < 1.29 is 4.74 Å². The largest absolute Gasteiger partial charge is 0.492 e. The third-order valence-corrected chi connectivity index (χ3v) is 4.27. The fraction of sp³-hybridized carbons (Fsp3) is 0.667. The van der Waals surface area contributed by atoms with Gasteiger partial charge in [-0.25, -0.2) is 0 Å². The Kier molecular flexibility index (Phi) is 6.52. The molecule has 0 aromatic heterocycles. The van der Waals surface area contributed by atoms with Crippen molar-refractivity contribution in [1.29, 1.82) is 0 Å². The molecule has 2 rings (SSSR count). The molecular weight excluding hydrogens is 260 g/mol. The van der Waals surface area contributed by atoms with Gasteiger partial charge >= 0.3 is 0 Å². The third kappa shape index (κ3) is 5.68. The Bertz CT molecular complexity index is 413. The molecule has 1 aromatic carbocycles. The van der Waals surface area contributed by atoms with Gasteiger partial charge in [0.05, 0.1) is 0 Å². The molecule has 0 bridgehead atoms. The molecule has 3 heteroatoms. The van der Waals surface area contributed by atoms with Crippen molar-refractivity contribution in [3.05, 3.63) is 29.8 Å². The van der Waals surface area contributed by atoms with Crippen molar-refractivity contribution in [2.45, 2.75) is 58.2 Å². The van der Waals surface area contributed by atoms with Crippen LogP contribution in [0, 0.1) is 0 Å². The highest BCUT2D eigenvalue weighted by molar-refractivity contribution is 5.28. The maximum atomic E-state index is 5.91. The fourth-order valence-electron chi connectivity index (χ4n) is 2.90. The number of hydrogen-bond donors (Lipinski definition) is 1. The van der Waals surface area contributed by atoms with Crippen LogP contribution in [0.15, 0.2) is 24.3 Å². The van der Waals surface area contributed by atoms with Crippen molar-refractivity contribution in [2.75, 3.05) is 20.2 Å². The van der Waals surface area contributed by atoms with Gasteiger partial charge in [-0.05, 0) is 37.6 Å². The lowest BCUT2D eigenvalue weighted by atomic mass is 10.2. The summed E-state index contributed by atoms with van der Waals surface area (Å²) in [6.45, 7) is 7.02. The maximum Gasteiger partial charge on any atom is 0.119 e. The summed E-state index contributed by atoms with van der Waals surface area (Å²) in [6.07, 6.45) is 5.49. The lowest BCUT2D eigenvalue weighted by Crippen LogP contribution is -2.32. The van der Waals surface area contributed by atoms with Gasteiger partial charge in [-0.2, -0.15) is 0 Å². The van der Waals surface area contributed by atoms with E-state index in [1.165, 1.54) is 31.2 Å². The second kappa shape index (κ2) is 8.40. The minimum absolute atomic E-state index is 0.509. The summed E-state index contributed by atoms with van der Waals surface area (Å²) in [4.78, 5) is 2.46. The Labute approximate surface area is 129 Å². The molecule has 1 N–H and O–H groups in total. The molecule has 3 nitrogen and oxygen atoms in total. The summed E-state index contributed by atoms with van der Waals surface area (Å²) in [6, 6.07) is 9.70. The number of rotatable bonds is 8. The molecule has 0 unspecified atom stereocenters. The van der Waals surface area contributed by atoms with Crippen LogP contribution >= 0.6 is 0 Å². The molecule has 1 aromatic rings. The maximum absolute atomic E-state index is 5.91. The minimum Gasteiger partial charge on any atom is -0.492 e. The second-order valence-corrected chi connectivity index (χ2v) is 6.45. The van der Waals surface area contributed by atoms with E-state index >= 15 is 0 Å². The molecule has 1 saturated carbocycles. The number of benzene rings is 1. The molecule has 0 amide bonds. The van der Waals surface area contributed by atoms with Gasteiger partial charge < -0.3 is 15.0 Å². The van der Waals surface area contributed by atoms with E-state index < -0.39 is 0 Å². The smallest absolute Gasteiger partial charge is 0.119 e. The van der Waals surface area contributed by atoms with Crippen LogP contribution in [0.1, 0.15) is 45.1 Å². The summed E-state index contributed by atoms with van der Waals surface area (Å²) in [5.41, 5.74) is 1.28. The van der Waals surface area contributed by atoms with Gasteiger partial charge in [0.25, 0.3) is 0 Å². The summed E-state index contributed by atoms with van der Waals surface area (Å²) in [5, 5.41) is 3.44. The monoisotopic (exact) mass is 290 g/mol. The first kappa shape index (κ1) is 16.3. The molecule has 0 spiro atoms. The molecule has 0 aliphatic heterocycles. The van der Waals surface area contributed by atoms with Gasteiger partial charge in [0, 0.05) is 25.2 Å². The number of likely N-dealkylation sites (N-methyl/N-ethyl adjacent to an activating group) is 1. The molecule has 1 fully saturated rings. The number of nitrogens with zero attached hydrogens (tertiary/aromatic N) is 1. The first-order chi connectivity index (χ1) is 10.1. The van der Waals surface area contributed by atoms with Crippen molar-refractivity contribution in [2.24, 2.45) is 0 Å². The lowest BCUT2D eigenvalue weighted by Gasteiger charge is -2.23. The zero-order chi connectivity index (χ0) is 15.1. The molecule has 1 aliphatic carbocycles. The van der Waals surface area contributed by atoms with Crippen LogP contribution in [0.4, 0.5) is 0 Å². The highest BCUT2D eigenvalue weighted by Gasteiger charge is 2.18. The van der Waals surface area contributed by atoms with E-state index in [1.54, 1.807) is 0 Å². The van der Waals surface area contributed by atoms with Crippen molar-refractivity contribution in [3.8, 4) is 5.75 Å². The SMILES string of the molecule is CC(C)NCc1cccc(OCCN(C)C2CCCC2)c1. The van der Waals surface area contributed by atoms with E-state index in [2.05, 4.69) is 55.4 Å². The van der Waals surface area contributed by atoms with Gasteiger partial charge in [-0.15, -0.1) is 0 Å². The van der Waals surface area contributed by atoms with E-state index in [9.17, 15) is 0 Å². The van der Waals surface area contributed by atoms with Gasteiger partial charge in [0.2, 0.25) is 0 Å². The van der Waals surface area contributed by atoms with Crippen molar-refractivity contribution in [3.63, 3.8) is 0 Å². The Morgan fingerprint density at radius 2 is 2.05 bits per heavy atom. The predicted molar refractivity (Wildman–Crippen MR) is 88.8 cm³/mol. The topological polar surface area (TPSA) is 24.5 Å². The molecule has 118 valence electrons. The van der Waals surface area contributed by atoms with Crippen molar-refractivity contribution >= 4 is 0 Å². The lowest BCUT2D eigenvalue weighted by molar-refractivity contribution is 0.193. The third-order valence-electron chi connectivity index (χ3n) is 4.27.